The lowest BCUT2D eigenvalue weighted by molar-refractivity contribution is -0.00835. The summed E-state index contributed by atoms with van der Waals surface area (Å²) in [5.74, 6) is 0. The van der Waals surface area contributed by atoms with E-state index in [9.17, 15) is 5.11 Å². The zero-order valence-electron chi connectivity index (χ0n) is 11.5. The smallest absolute Gasteiger partial charge is 0.136 e. The van der Waals surface area contributed by atoms with Gasteiger partial charge < -0.3 is 14.8 Å². The van der Waals surface area contributed by atoms with Crippen LogP contribution < -0.4 is 5.32 Å². The summed E-state index contributed by atoms with van der Waals surface area (Å²) in [7, 11) is 0. The van der Waals surface area contributed by atoms with Crippen molar-refractivity contribution in [3.8, 4) is 0 Å². The van der Waals surface area contributed by atoms with Crippen molar-refractivity contribution in [3.05, 3.63) is 54.7 Å². The third kappa shape index (κ3) is 2.12. The summed E-state index contributed by atoms with van der Waals surface area (Å²) < 4.78 is 3.91. The van der Waals surface area contributed by atoms with E-state index in [-0.39, 0.29) is 18.2 Å². The van der Waals surface area contributed by atoms with Crippen LogP contribution in [0.25, 0.3) is 5.65 Å². The second-order valence-corrected chi connectivity index (χ2v) is 5.44. The molecule has 0 bridgehead atoms. The number of hydrogen-bond acceptors (Lipinski definition) is 4. The molecule has 6 nitrogen and oxygen atoms in total. The highest BCUT2D eigenvalue weighted by Crippen LogP contribution is 2.32. The molecule has 0 radical (unpaired) electrons. The molecule has 0 amide bonds. The molecule has 6 heteroatoms. The first-order chi connectivity index (χ1) is 10.3. The highest BCUT2D eigenvalue weighted by atomic mass is 16.3. The molecule has 21 heavy (non-hydrogen) atoms. The van der Waals surface area contributed by atoms with E-state index < -0.39 is 0 Å². The van der Waals surface area contributed by atoms with Crippen molar-refractivity contribution in [1.29, 1.82) is 0 Å². The number of nitrogens with zero attached hydrogens (tertiary/aromatic N) is 4. The lowest BCUT2D eigenvalue weighted by Crippen LogP contribution is -2.54. The van der Waals surface area contributed by atoms with Crippen LogP contribution in [-0.2, 0) is 6.54 Å². The van der Waals surface area contributed by atoms with Crippen LogP contribution in [0.15, 0.2) is 49.1 Å². The Hall–Kier alpha value is -2.18. The van der Waals surface area contributed by atoms with Crippen molar-refractivity contribution in [2.24, 2.45) is 0 Å². The van der Waals surface area contributed by atoms with Crippen LogP contribution in [0.1, 0.15) is 18.2 Å². The molecule has 1 aliphatic carbocycles. The van der Waals surface area contributed by atoms with Gasteiger partial charge in [-0.05, 0) is 24.6 Å². The molecule has 1 aliphatic rings. The van der Waals surface area contributed by atoms with E-state index >= 15 is 0 Å². The fraction of sp³-hybridized carbons (Fsp3) is 0.333. The predicted molar refractivity (Wildman–Crippen MR) is 77.7 cm³/mol. The fourth-order valence-corrected chi connectivity index (χ4v) is 3.02. The molecule has 3 aromatic rings. The molecular weight excluding hydrogens is 266 g/mol. The number of aromatic nitrogens is 4. The molecule has 0 aliphatic heterocycles. The van der Waals surface area contributed by atoms with Gasteiger partial charge in [-0.25, -0.2) is 4.98 Å². The monoisotopic (exact) mass is 283 g/mol. The molecular formula is C15H17N5O. The van der Waals surface area contributed by atoms with Crippen LogP contribution in [0, 0.1) is 0 Å². The maximum atomic E-state index is 9.97. The quantitative estimate of drug-likeness (QED) is 0.749. The standard InChI is InChI=1S/C15H17N5O/c21-13-9-12(15(13)20-7-2-5-18-20)17-10-11-3-1-4-14-16-6-8-19(11)14/h1-8,12-13,15,17,21H,9-10H2/t12-,13+,15+/m0/s1. The summed E-state index contributed by atoms with van der Waals surface area (Å²) in [5, 5.41) is 17.7. The van der Waals surface area contributed by atoms with E-state index in [0.29, 0.717) is 0 Å². The summed E-state index contributed by atoms with van der Waals surface area (Å²) in [6.07, 6.45) is 7.84. The van der Waals surface area contributed by atoms with Gasteiger partial charge in [-0.1, -0.05) is 6.07 Å². The Morgan fingerprint density at radius 2 is 2.19 bits per heavy atom. The van der Waals surface area contributed by atoms with Gasteiger partial charge in [0.05, 0.1) is 12.1 Å². The van der Waals surface area contributed by atoms with Gasteiger partial charge in [0.15, 0.2) is 0 Å². The SMILES string of the molecule is O[C@@H]1C[C@H](NCc2cccc3nccn23)[C@H]1n1cccn1. The lowest BCUT2D eigenvalue weighted by Gasteiger charge is -2.42. The van der Waals surface area contributed by atoms with Crippen molar-refractivity contribution < 1.29 is 5.11 Å². The highest BCUT2D eigenvalue weighted by Gasteiger charge is 2.41. The Kier molecular flexibility index (Phi) is 2.98. The summed E-state index contributed by atoms with van der Waals surface area (Å²) >= 11 is 0. The fourth-order valence-electron chi connectivity index (χ4n) is 3.02. The summed E-state index contributed by atoms with van der Waals surface area (Å²) in [4.78, 5) is 4.29. The number of pyridine rings is 1. The molecule has 0 unspecified atom stereocenters. The lowest BCUT2D eigenvalue weighted by atomic mass is 9.83. The zero-order valence-corrected chi connectivity index (χ0v) is 11.5. The first-order valence-electron chi connectivity index (χ1n) is 7.14. The molecule has 3 aromatic heterocycles. The summed E-state index contributed by atoms with van der Waals surface area (Å²) in [5.41, 5.74) is 2.11. The molecule has 1 fully saturated rings. The van der Waals surface area contributed by atoms with Gasteiger partial charge in [0.2, 0.25) is 0 Å². The van der Waals surface area contributed by atoms with Crippen LogP contribution in [0.2, 0.25) is 0 Å². The van der Waals surface area contributed by atoms with Crippen molar-refractivity contribution in [1.82, 2.24) is 24.5 Å². The van der Waals surface area contributed by atoms with Crippen molar-refractivity contribution in [2.45, 2.75) is 31.2 Å². The van der Waals surface area contributed by atoms with Crippen LogP contribution in [0.5, 0.6) is 0 Å². The molecule has 2 N–H and O–H groups in total. The number of nitrogens with one attached hydrogen (secondary N) is 1. The van der Waals surface area contributed by atoms with E-state index in [4.69, 9.17) is 0 Å². The number of fused-ring (bicyclic) bond motifs is 1. The summed E-state index contributed by atoms with van der Waals surface area (Å²) in [6.45, 7) is 0.739. The molecule has 3 heterocycles. The van der Waals surface area contributed by atoms with Crippen molar-refractivity contribution in [3.63, 3.8) is 0 Å². The van der Waals surface area contributed by atoms with Gasteiger partial charge in [0.25, 0.3) is 0 Å². The maximum Gasteiger partial charge on any atom is 0.136 e. The molecule has 0 aromatic carbocycles. The molecule has 3 atom stereocenters. The highest BCUT2D eigenvalue weighted by molar-refractivity contribution is 5.39. The van der Waals surface area contributed by atoms with Gasteiger partial charge in [0, 0.05) is 43.1 Å². The van der Waals surface area contributed by atoms with Crippen molar-refractivity contribution in [2.75, 3.05) is 0 Å². The van der Waals surface area contributed by atoms with Gasteiger partial charge in [-0.15, -0.1) is 0 Å². The van der Waals surface area contributed by atoms with Gasteiger partial charge in [-0.3, -0.25) is 4.68 Å². The van der Waals surface area contributed by atoms with E-state index in [1.54, 1.807) is 12.4 Å². The molecule has 0 spiro atoms. The minimum absolute atomic E-state index is 0.0157. The Morgan fingerprint density at radius 1 is 1.24 bits per heavy atom. The van der Waals surface area contributed by atoms with Gasteiger partial charge in [0.1, 0.15) is 5.65 Å². The maximum absolute atomic E-state index is 9.97. The molecule has 1 saturated carbocycles. The number of aliphatic hydroxyl groups excluding tert-OH is 1. The van der Waals surface area contributed by atoms with Crippen LogP contribution in [0.3, 0.4) is 0 Å². The number of rotatable bonds is 4. The second-order valence-electron chi connectivity index (χ2n) is 5.44. The van der Waals surface area contributed by atoms with Crippen LogP contribution in [-0.4, -0.2) is 36.4 Å². The number of hydrogen-bond donors (Lipinski definition) is 2. The zero-order chi connectivity index (χ0) is 14.2. The van der Waals surface area contributed by atoms with E-state index in [1.807, 2.05) is 35.3 Å². The van der Waals surface area contributed by atoms with Crippen molar-refractivity contribution >= 4 is 5.65 Å². The third-order valence-corrected chi connectivity index (χ3v) is 4.19. The number of aliphatic hydroxyl groups is 1. The van der Waals surface area contributed by atoms with Crippen LogP contribution in [0.4, 0.5) is 0 Å². The van der Waals surface area contributed by atoms with Gasteiger partial charge in [-0.2, -0.15) is 5.10 Å². The topological polar surface area (TPSA) is 67.4 Å². The number of imidazole rings is 1. The molecule has 0 saturated heterocycles. The Labute approximate surface area is 122 Å². The second kappa shape index (κ2) is 4.98. The average molecular weight is 283 g/mol. The first kappa shape index (κ1) is 12.6. The largest absolute Gasteiger partial charge is 0.391 e. The Morgan fingerprint density at radius 3 is 3.00 bits per heavy atom. The normalized spacial score (nSPS) is 25.1. The minimum Gasteiger partial charge on any atom is -0.391 e. The molecule has 4 rings (SSSR count). The first-order valence-corrected chi connectivity index (χ1v) is 7.14. The Bertz CT molecular complexity index is 735. The van der Waals surface area contributed by atoms with Crippen LogP contribution >= 0.6 is 0 Å². The van der Waals surface area contributed by atoms with Gasteiger partial charge >= 0.3 is 0 Å². The third-order valence-electron chi connectivity index (χ3n) is 4.19. The average Bonchev–Trinajstić information content (AvgIpc) is 3.14. The van der Waals surface area contributed by atoms with E-state index in [1.165, 1.54) is 0 Å². The predicted octanol–water partition coefficient (Wildman–Crippen LogP) is 0.995. The summed E-state index contributed by atoms with van der Waals surface area (Å²) in [6, 6.07) is 8.22. The molecule has 108 valence electrons. The Balaban J connectivity index is 1.49. The minimum atomic E-state index is -0.327. The van der Waals surface area contributed by atoms with E-state index in [0.717, 1.165) is 24.3 Å². The van der Waals surface area contributed by atoms with E-state index in [2.05, 4.69) is 25.9 Å².